The van der Waals surface area contributed by atoms with Gasteiger partial charge in [0.15, 0.2) is 0 Å². The largest absolute Gasteiger partial charge is 0.368 e. The molecule has 1 atom stereocenters. The number of hydrogen-bond acceptors (Lipinski definition) is 5. The monoisotopic (exact) mass is 227 g/mol. The highest BCUT2D eigenvalue weighted by Gasteiger charge is 2.26. The van der Waals surface area contributed by atoms with E-state index in [9.17, 15) is 4.79 Å². The average molecular weight is 227 g/mol. The third-order valence-electron chi connectivity index (χ3n) is 2.06. The maximum absolute atomic E-state index is 11.6. The maximum atomic E-state index is 11.6. The SMILES string of the molecule is C[C@H](Sc1n[nH]c(N)n1)C(=O)NC1CC1. The van der Waals surface area contributed by atoms with E-state index in [0.717, 1.165) is 12.8 Å². The van der Waals surface area contributed by atoms with Crippen LogP contribution in [0.5, 0.6) is 0 Å². The molecule has 1 fully saturated rings. The summed E-state index contributed by atoms with van der Waals surface area (Å²) in [6.07, 6.45) is 2.19. The molecule has 1 amide bonds. The van der Waals surface area contributed by atoms with E-state index in [1.807, 2.05) is 6.92 Å². The van der Waals surface area contributed by atoms with E-state index in [1.54, 1.807) is 0 Å². The van der Waals surface area contributed by atoms with E-state index in [4.69, 9.17) is 5.73 Å². The Morgan fingerprint density at radius 3 is 3.00 bits per heavy atom. The molecule has 4 N–H and O–H groups in total. The van der Waals surface area contributed by atoms with Gasteiger partial charge < -0.3 is 11.1 Å². The Hall–Kier alpha value is -1.24. The van der Waals surface area contributed by atoms with Crippen LogP contribution in [0.2, 0.25) is 0 Å². The molecule has 1 saturated carbocycles. The van der Waals surface area contributed by atoms with Gasteiger partial charge in [-0.25, -0.2) is 5.10 Å². The molecule has 0 spiro atoms. The summed E-state index contributed by atoms with van der Waals surface area (Å²) < 4.78 is 0. The van der Waals surface area contributed by atoms with Gasteiger partial charge in [-0.3, -0.25) is 4.79 Å². The van der Waals surface area contributed by atoms with Gasteiger partial charge in [0.2, 0.25) is 17.0 Å². The number of anilines is 1. The molecule has 0 aliphatic heterocycles. The van der Waals surface area contributed by atoms with Crippen LogP contribution in [0.4, 0.5) is 5.95 Å². The molecule has 1 heterocycles. The highest BCUT2D eigenvalue weighted by molar-refractivity contribution is 8.00. The number of aromatic amines is 1. The second kappa shape index (κ2) is 4.09. The number of nitrogens with one attached hydrogen (secondary N) is 2. The van der Waals surface area contributed by atoms with Gasteiger partial charge in [0.25, 0.3) is 0 Å². The van der Waals surface area contributed by atoms with Crippen LogP contribution in [-0.2, 0) is 4.79 Å². The standard InChI is InChI=1S/C8H13N5OS/c1-4(6(14)10-5-2-3-5)15-8-11-7(9)12-13-8/h4-5H,2-3H2,1H3,(H,10,14)(H3,9,11,12,13)/t4-/m0/s1. The maximum Gasteiger partial charge on any atom is 0.233 e. The second-order valence-corrected chi connectivity index (χ2v) is 4.85. The van der Waals surface area contributed by atoms with Crippen LogP contribution in [0, 0.1) is 0 Å². The van der Waals surface area contributed by atoms with Gasteiger partial charge in [-0.2, -0.15) is 4.98 Å². The van der Waals surface area contributed by atoms with Crippen LogP contribution >= 0.6 is 11.8 Å². The van der Waals surface area contributed by atoms with Gasteiger partial charge in [-0.15, -0.1) is 5.10 Å². The quantitative estimate of drug-likeness (QED) is 0.636. The van der Waals surface area contributed by atoms with Crippen LogP contribution < -0.4 is 11.1 Å². The zero-order valence-corrected chi connectivity index (χ0v) is 9.17. The lowest BCUT2D eigenvalue weighted by molar-refractivity contribution is -0.120. The van der Waals surface area contributed by atoms with Crippen LogP contribution in [0.3, 0.4) is 0 Å². The molecule has 0 saturated heterocycles. The Kier molecular flexibility index (Phi) is 2.81. The number of carbonyl (C=O) groups excluding carboxylic acids is 1. The van der Waals surface area contributed by atoms with Crippen molar-refractivity contribution in [1.29, 1.82) is 0 Å². The molecule has 7 heteroatoms. The van der Waals surface area contributed by atoms with Crippen LogP contribution in [0.1, 0.15) is 19.8 Å². The highest BCUT2D eigenvalue weighted by atomic mass is 32.2. The number of nitrogens with two attached hydrogens (primary N) is 1. The number of amides is 1. The fourth-order valence-electron chi connectivity index (χ4n) is 1.07. The van der Waals surface area contributed by atoms with Crippen molar-refractivity contribution >= 4 is 23.6 Å². The van der Waals surface area contributed by atoms with Gasteiger partial charge >= 0.3 is 0 Å². The summed E-state index contributed by atoms with van der Waals surface area (Å²) in [6.45, 7) is 1.83. The van der Waals surface area contributed by atoms with E-state index in [-0.39, 0.29) is 17.1 Å². The van der Waals surface area contributed by atoms with E-state index in [1.165, 1.54) is 11.8 Å². The molecule has 1 aliphatic rings. The van der Waals surface area contributed by atoms with Crippen molar-refractivity contribution < 1.29 is 4.79 Å². The lowest BCUT2D eigenvalue weighted by Gasteiger charge is -2.08. The molecule has 15 heavy (non-hydrogen) atoms. The minimum absolute atomic E-state index is 0.0332. The first-order valence-corrected chi connectivity index (χ1v) is 5.68. The van der Waals surface area contributed by atoms with Gasteiger partial charge in [0, 0.05) is 6.04 Å². The van der Waals surface area contributed by atoms with Crippen molar-refractivity contribution in [2.45, 2.75) is 36.2 Å². The van der Waals surface area contributed by atoms with Crippen molar-refractivity contribution in [3.63, 3.8) is 0 Å². The molecule has 82 valence electrons. The Bertz CT molecular complexity index is 362. The van der Waals surface area contributed by atoms with Gasteiger partial charge in [0.05, 0.1) is 5.25 Å². The van der Waals surface area contributed by atoms with Crippen molar-refractivity contribution in [2.24, 2.45) is 0 Å². The number of rotatable bonds is 4. The van der Waals surface area contributed by atoms with E-state index in [0.29, 0.717) is 11.2 Å². The fourth-order valence-corrected chi connectivity index (χ4v) is 1.81. The van der Waals surface area contributed by atoms with Crippen molar-refractivity contribution in [1.82, 2.24) is 20.5 Å². The fraction of sp³-hybridized carbons (Fsp3) is 0.625. The molecule has 0 aromatic carbocycles. The van der Waals surface area contributed by atoms with E-state index < -0.39 is 0 Å². The molecule has 0 radical (unpaired) electrons. The summed E-state index contributed by atoms with van der Waals surface area (Å²) in [4.78, 5) is 15.5. The number of hydrogen-bond donors (Lipinski definition) is 3. The molecular weight excluding hydrogens is 214 g/mol. The summed E-state index contributed by atoms with van der Waals surface area (Å²) in [7, 11) is 0. The zero-order valence-electron chi connectivity index (χ0n) is 8.36. The predicted octanol–water partition coefficient (Wildman–Crippen LogP) is 0.146. The van der Waals surface area contributed by atoms with Crippen molar-refractivity contribution in [3.05, 3.63) is 0 Å². The Labute approximate surface area is 91.4 Å². The Balaban J connectivity index is 1.84. The summed E-state index contributed by atoms with van der Waals surface area (Å²) >= 11 is 1.30. The zero-order chi connectivity index (χ0) is 10.8. The molecule has 2 rings (SSSR count). The number of aromatic nitrogens is 3. The van der Waals surface area contributed by atoms with E-state index in [2.05, 4.69) is 20.5 Å². The first kappa shape index (κ1) is 10.3. The second-order valence-electron chi connectivity index (χ2n) is 3.55. The number of nitrogen functional groups attached to an aromatic ring is 1. The lowest BCUT2D eigenvalue weighted by atomic mass is 10.4. The minimum Gasteiger partial charge on any atom is -0.368 e. The summed E-state index contributed by atoms with van der Waals surface area (Å²) in [5, 5.41) is 9.62. The number of nitrogens with zero attached hydrogens (tertiary/aromatic N) is 2. The number of thioether (sulfide) groups is 1. The Morgan fingerprint density at radius 2 is 2.47 bits per heavy atom. The van der Waals surface area contributed by atoms with Crippen LogP contribution in [-0.4, -0.2) is 32.4 Å². The van der Waals surface area contributed by atoms with Crippen molar-refractivity contribution in [3.8, 4) is 0 Å². The topological polar surface area (TPSA) is 96.7 Å². The van der Waals surface area contributed by atoms with Gasteiger partial charge in [-0.1, -0.05) is 11.8 Å². The van der Waals surface area contributed by atoms with Crippen molar-refractivity contribution in [2.75, 3.05) is 5.73 Å². The Morgan fingerprint density at radius 1 is 1.73 bits per heavy atom. The first-order valence-electron chi connectivity index (χ1n) is 4.80. The molecule has 1 aliphatic carbocycles. The molecular formula is C8H13N5OS. The molecule has 1 aromatic heterocycles. The normalized spacial score (nSPS) is 17.4. The summed E-state index contributed by atoms with van der Waals surface area (Å²) in [5.41, 5.74) is 5.38. The molecule has 1 aromatic rings. The highest BCUT2D eigenvalue weighted by Crippen LogP contribution is 2.23. The summed E-state index contributed by atoms with van der Waals surface area (Å²) in [5.74, 6) is 0.304. The summed E-state index contributed by atoms with van der Waals surface area (Å²) in [6, 6.07) is 0.387. The average Bonchev–Trinajstić information content (AvgIpc) is 2.90. The third-order valence-corrected chi connectivity index (χ3v) is 3.02. The smallest absolute Gasteiger partial charge is 0.233 e. The molecule has 0 bridgehead atoms. The van der Waals surface area contributed by atoms with Gasteiger partial charge in [0.1, 0.15) is 0 Å². The van der Waals surface area contributed by atoms with Crippen LogP contribution in [0.15, 0.2) is 5.16 Å². The number of H-pyrrole nitrogens is 1. The molecule has 0 unspecified atom stereocenters. The van der Waals surface area contributed by atoms with E-state index >= 15 is 0 Å². The first-order chi connectivity index (χ1) is 7.15. The molecule has 6 nitrogen and oxygen atoms in total. The third kappa shape index (κ3) is 2.85. The van der Waals surface area contributed by atoms with Crippen LogP contribution in [0.25, 0.3) is 0 Å². The van der Waals surface area contributed by atoms with Gasteiger partial charge in [-0.05, 0) is 19.8 Å². The lowest BCUT2D eigenvalue weighted by Crippen LogP contribution is -2.32. The number of carbonyl (C=O) groups is 1. The minimum atomic E-state index is -0.194. The predicted molar refractivity (Wildman–Crippen MR) is 57.3 cm³/mol.